The molecule has 0 atom stereocenters. The molecule has 1 heterocycles. The van der Waals surface area contributed by atoms with Gasteiger partial charge in [0, 0.05) is 15.9 Å². The number of nitrogens with one attached hydrogen (secondary N) is 1. The maximum Gasteiger partial charge on any atom is 0.258 e. The van der Waals surface area contributed by atoms with Crippen molar-refractivity contribution in [2.45, 2.75) is 6.42 Å². The van der Waals surface area contributed by atoms with Crippen molar-refractivity contribution in [2.75, 3.05) is 5.32 Å². The molecule has 0 unspecified atom stereocenters. The van der Waals surface area contributed by atoms with E-state index in [4.69, 9.17) is 11.6 Å². The van der Waals surface area contributed by atoms with Gasteiger partial charge in [-0.15, -0.1) is 10.2 Å². The van der Waals surface area contributed by atoms with Crippen LogP contribution in [0.15, 0.2) is 53.0 Å². The second kappa shape index (κ2) is 7.21. The molecule has 0 aliphatic carbocycles. The number of aromatic nitrogens is 2. The molecule has 1 aromatic heterocycles. The van der Waals surface area contributed by atoms with Crippen LogP contribution in [0.1, 0.15) is 20.9 Å². The Hall–Kier alpha value is -1.76. The summed E-state index contributed by atoms with van der Waals surface area (Å²) in [5, 5.41) is 12.9. The summed E-state index contributed by atoms with van der Waals surface area (Å²) in [6.07, 6.45) is 0.653. The SMILES string of the molecule is O=C(Nc1nnc(Cc2ccc(Cl)cc2)s1)c1ccccc1Br. The van der Waals surface area contributed by atoms with E-state index >= 15 is 0 Å². The van der Waals surface area contributed by atoms with Crippen LogP contribution in [0.2, 0.25) is 5.02 Å². The van der Waals surface area contributed by atoms with Gasteiger partial charge in [-0.25, -0.2) is 0 Å². The normalized spacial score (nSPS) is 10.5. The molecule has 0 spiro atoms. The monoisotopic (exact) mass is 407 g/mol. The number of hydrogen-bond donors (Lipinski definition) is 1. The molecule has 1 N–H and O–H groups in total. The average molecular weight is 409 g/mol. The van der Waals surface area contributed by atoms with Crippen LogP contribution < -0.4 is 5.32 Å². The van der Waals surface area contributed by atoms with E-state index in [2.05, 4.69) is 31.4 Å². The highest BCUT2D eigenvalue weighted by molar-refractivity contribution is 9.10. The number of carbonyl (C=O) groups excluding carboxylic acids is 1. The van der Waals surface area contributed by atoms with E-state index in [9.17, 15) is 4.79 Å². The summed E-state index contributed by atoms with van der Waals surface area (Å²) < 4.78 is 0.739. The van der Waals surface area contributed by atoms with Crippen LogP contribution in [0.4, 0.5) is 5.13 Å². The smallest absolute Gasteiger partial charge is 0.258 e. The van der Waals surface area contributed by atoms with Crippen molar-refractivity contribution in [3.05, 3.63) is 74.2 Å². The first-order valence-electron chi connectivity index (χ1n) is 6.74. The van der Waals surface area contributed by atoms with E-state index in [1.165, 1.54) is 11.3 Å². The van der Waals surface area contributed by atoms with Crippen LogP contribution in [0, 0.1) is 0 Å². The second-order valence-corrected chi connectivity index (χ2v) is 7.09. The lowest BCUT2D eigenvalue weighted by Gasteiger charge is -2.02. The summed E-state index contributed by atoms with van der Waals surface area (Å²) in [6, 6.07) is 14.8. The van der Waals surface area contributed by atoms with Crippen molar-refractivity contribution in [1.82, 2.24) is 10.2 Å². The molecule has 1 amide bonds. The van der Waals surface area contributed by atoms with E-state index in [0.29, 0.717) is 22.1 Å². The standard InChI is InChI=1S/C16H11BrClN3OS/c17-13-4-2-1-3-12(13)15(22)19-16-21-20-14(23-16)9-10-5-7-11(18)8-6-10/h1-8H,9H2,(H,19,21,22). The van der Waals surface area contributed by atoms with Crippen molar-refractivity contribution in [1.29, 1.82) is 0 Å². The molecule has 23 heavy (non-hydrogen) atoms. The third-order valence-corrected chi connectivity index (χ3v) is 4.86. The molecular weight excluding hydrogens is 398 g/mol. The second-order valence-electron chi connectivity index (χ2n) is 4.74. The van der Waals surface area contributed by atoms with E-state index in [1.54, 1.807) is 6.07 Å². The Kier molecular flexibility index (Phi) is 5.05. The predicted octanol–water partition coefficient (Wildman–Crippen LogP) is 4.80. The third-order valence-electron chi connectivity index (χ3n) is 3.07. The summed E-state index contributed by atoms with van der Waals surface area (Å²) in [5.41, 5.74) is 1.65. The molecule has 0 radical (unpaired) electrons. The predicted molar refractivity (Wildman–Crippen MR) is 96.3 cm³/mol. The van der Waals surface area contributed by atoms with Crippen molar-refractivity contribution < 1.29 is 4.79 Å². The molecule has 116 valence electrons. The fourth-order valence-electron chi connectivity index (χ4n) is 1.96. The zero-order valence-electron chi connectivity index (χ0n) is 11.8. The molecule has 4 nitrogen and oxygen atoms in total. The summed E-state index contributed by atoms with van der Waals surface area (Å²) in [7, 11) is 0. The van der Waals surface area contributed by atoms with E-state index in [-0.39, 0.29) is 5.91 Å². The number of hydrogen-bond acceptors (Lipinski definition) is 4. The number of benzene rings is 2. The average Bonchev–Trinajstić information content (AvgIpc) is 2.97. The first-order valence-corrected chi connectivity index (χ1v) is 8.73. The van der Waals surface area contributed by atoms with Gasteiger partial charge in [-0.2, -0.15) is 0 Å². The Morgan fingerprint density at radius 2 is 1.87 bits per heavy atom. The van der Waals surface area contributed by atoms with Gasteiger partial charge in [0.25, 0.3) is 5.91 Å². The highest BCUT2D eigenvalue weighted by Crippen LogP contribution is 2.22. The minimum atomic E-state index is -0.216. The molecule has 0 aliphatic heterocycles. The molecule has 0 fully saturated rings. The Morgan fingerprint density at radius 1 is 1.13 bits per heavy atom. The molecule has 0 aliphatic rings. The first-order chi connectivity index (χ1) is 11.1. The molecule has 0 saturated heterocycles. The minimum Gasteiger partial charge on any atom is -0.296 e. The summed E-state index contributed by atoms with van der Waals surface area (Å²) in [4.78, 5) is 12.2. The van der Waals surface area contributed by atoms with Crippen LogP contribution in [-0.4, -0.2) is 16.1 Å². The molecule has 7 heteroatoms. The van der Waals surface area contributed by atoms with Gasteiger partial charge in [-0.3, -0.25) is 10.1 Å². The molecule has 0 bridgehead atoms. The van der Waals surface area contributed by atoms with Crippen molar-refractivity contribution in [3.8, 4) is 0 Å². The lowest BCUT2D eigenvalue weighted by Crippen LogP contribution is -2.12. The Labute approximate surface area is 150 Å². The van der Waals surface area contributed by atoms with Gasteiger partial charge in [0.05, 0.1) is 5.56 Å². The zero-order valence-corrected chi connectivity index (χ0v) is 15.0. The van der Waals surface area contributed by atoms with Crippen molar-refractivity contribution >= 4 is 49.9 Å². The van der Waals surface area contributed by atoms with Crippen LogP contribution in [0.3, 0.4) is 0 Å². The topological polar surface area (TPSA) is 54.9 Å². The molecule has 0 saturated carbocycles. The van der Waals surface area contributed by atoms with E-state index in [0.717, 1.165) is 15.0 Å². The Morgan fingerprint density at radius 3 is 2.61 bits per heavy atom. The molecule has 2 aromatic carbocycles. The van der Waals surface area contributed by atoms with Gasteiger partial charge in [-0.1, -0.05) is 47.2 Å². The van der Waals surface area contributed by atoms with Crippen LogP contribution in [-0.2, 0) is 6.42 Å². The summed E-state index contributed by atoms with van der Waals surface area (Å²) in [5.74, 6) is -0.216. The number of nitrogens with zero attached hydrogens (tertiary/aromatic N) is 2. The molecule has 3 aromatic rings. The van der Waals surface area contributed by atoms with E-state index in [1.807, 2.05) is 42.5 Å². The van der Waals surface area contributed by atoms with Gasteiger partial charge in [0.15, 0.2) is 0 Å². The van der Waals surface area contributed by atoms with Gasteiger partial charge < -0.3 is 0 Å². The van der Waals surface area contributed by atoms with Crippen LogP contribution in [0.25, 0.3) is 0 Å². The van der Waals surface area contributed by atoms with Gasteiger partial charge >= 0.3 is 0 Å². The fraction of sp³-hybridized carbons (Fsp3) is 0.0625. The summed E-state index contributed by atoms with van der Waals surface area (Å²) in [6.45, 7) is 0. The molecule has 3 rings (SSSR count). The summed E-state index contributed by atoms with van der Waals surface area (Å²) >= 11 is 10.6. The maximum atomic E-state index is 12.2. The van der Waals surface area contributed by atoms with Gasteiger partial charge in [0.2, 0.25) is 5.13 Å². The van der Waals surface area contributed by atoms with Crippen molar-refractivity contribution in [2.24, 2.45) is 0 Å². The maximum absolute atomic E-state index is 12.2. The van der Waals surface area contributed by atoms with Crippen molar-refractivity contribution in [3.63, 3.8) is 0 Å². The minimum absolute atomic E-state index is 0.216. The zero-order chi connectivity index (χ0) is 16.2. The first kappa shape index (κ1) is 16.1. The number of carbonyl (C=O) groups is 1. The largest absolute Gasteiger partial charge is 0.296 e. The third kappa shape index (κ3) is 4.16. The lowest BCUT2D eigenvalue weighted by molar-refractivity contribution is 0.102. The Bertz CT molecular complexity index is 835. The van der Waals surface area contributed by atoms with Gasteiger partial charge in [0.1, 0.15) is 5.01 Å². The fourth-order valence-corrected chi connectivity index (χ4v) is 3.32. The number of halogens is 2. The van der Waals surface area contributed by atoms with Crippen LogP contribution >= 0.6 is 38.9 Å². The number of amides is 1. The quantitative estimate of drug-likeness (QED) is 0.675. The van der Waals surface area contributed by atoms with Gasteiger partial charge in [-0.05, 0) is 45.8 Å². The highest BCUT2D eigenvalue weighted by Gasteiger charge is 2.12. The Balaban J connectivity index is 1.69. The molecular formula is C16H11BrClN3OS. The van der Waals surface area contributed by atoms with E-state index < -0.39 is 0 Å². The lowest BCUT2D eigenvalue weighted by atomic mass is 10.2. The van der Waals surface area contributed by atoms with Crippen LogP contribution in [0.5, 0.6) is 0 Å². The number of anilines is 1. The number of rotatable bonds is 4. The highest BCUT2D eigenvalue weighted by atomic mass is 79.9.